The van der Waals surface area contributed by atoms with Crippen molar-refractivity contribution in [1.82, 2.24) is 0 Å². The Morgan fingerprint density at radius 2 is 1.24 bits per heavy atom. The average molecular weight is 777 g/mol. The molecule has 288 valence electrons. The summed E-state index contributed by atoms with van der Waals surface area (Å²) in [6, 6.07) is 7.76. The van der Waals surface area contributed by atoms with Crippen molar-refractivity contribution in [2.45, 2.75) is 72.2 Å². The van der Waals surface area contributed by atoms with Crippen molar-refractivity contribution in [3.63, 3.8) is 0 Å². The van der Waals surface area contributed by atoms with Gasteiger partial charge >= 0.3 is 41.8 Å². The molecule has 2 heterocycles. The van der Waals surface area contributed by atoms with Gasteiger partial charge in [0.15, 0.2) is 18.0 Å². The van der Waals surface area contributed by atoms with Crippen LogP contribution in [0.15, 0.2) is 45.6 Å². The fraction of sp³-hybridized carbons (Fsp3) is 0.371. The standard InChI is InChI=1S/C35H33ClO18/c1-15(37)46-22-9-7-21(8-10-22)30-32(29(44)28-24(48-17(3)39)11-23(47-16(2)38)12-25(28)52-30)54-35-34(51-20(6)42)33(50-19(5)41)31(49-18(4)40)26(53-35)14-45-27(43)13-36/h7-12,26,31,33-35H,13-14H2,1-6H3/t26?,31?,33?,34-,35?/m1/s1. The molecule has 5 atom stereocenters. The molecule has 1 aliphatic heterocycles. The van der Waals surface area contributed by atoms with E-state index in [2.05, 4.69) is 0 Å². The number of hydrogen-bond donors (Lipinski definition) is 0. The Morgan fingerprint density at radius 1 is 0.685 bits per heavy atom. The van der Waals surface area contributed by atoms with Gasteiger partial charge in [0.2, 0.25) is 23.6 Å². The molecule has 0 amide bonds. The molecule has 1 aromatic heterocycles. The third kappa shape index (κ3) is 10.3. The van der Waals surface area contributed by atoms with Crippen molar-refractivity contribution in [2.24, 2.45) is 0 Å². The second-order valence-electron chi connectivity index (χ2n) is 11.4. The van der Waals surface area contributed by atoms with E-state index in [0.717, 1.165) is 40.7 Å². The van der Waals surface area contributed by atoms with Crippen LogP contribution in [0.1, 0.15) is 41.5 Å². The molecular formula is C35H33ClO18. The van der Waals surface area contributed by atoms with Crippen LogP contribution in [0.25, 0.3) is 22.3 Å². The van der Waals surface area contributed by atoms with Gasteiger partial charge in [0.05, 0.1) is 0 Å². The number of ether oxygens (including phenoxy) is 9. The van der Waals surface area contributed by atoms with E-state index in [4.69, 9.17) is 58.6 Å². The molecule has 0 bridgehead atoms. The summed E-state index contributed by atoms with van der Waals surface area (Å²) < 4.78 is 55.3. The first-order valence-corrected chi connectivity index (χ1v) is 16.4. The maximum Gasteiger partial charge on any atom is 0.320 e. The second-order valence-corrected chi connectivity index (χ2v) is 11.7. The van der Waals surface area contributed by atoms with Crippen LogP contribution in [0.4, 0.5) is 0 Å². The molecular weight excluding hydrogens is 744 g/mol. The van der Waals surface area contributed by atoms with Gasteiger partial charge in [-0.1, -0.05) is 0 Å². The van der Waals surface area contributed by atoms with Crippen molar-refractivity contribution in [1.29, 1.82) is 0 Å². The van der Waals surface area contributed by atoms with Crippen LogP contribution < -0.4 is 24.4 Å². The third-order valence-electron chi connectivity index (χ3n) is 7.03. The average Bonchev–Trinajstić information content (AvgIpc) is 3.06. The first-order chi connectivity index (χ1) is 25.5. The minimum Gasteiger partial charge on any atom is -0.462 e. The van der Waals surface area contributed by atoms with Gasteiger partial charge in [-0.25, -0.2) is 0 Å². The van der Waals surface area contributed by atoms with E-state index in [1.807, 2.05) is 0 Å². The molecule has 18 nitrogen and oxygen atoms in total. The van der Waals surface area contributed by atoms with E-state index >= 15 is 0 Å². The number of hydrogen-bond acceptors (Lipinski definition) is 18. The van der Waals surface area contributed by atoms with Crippen LogP contribution in [0.2, 0.25) is 0 Å². The molecule has 54 heavy (non-hydrogen) atoms. The number of carbonyl (C=O) groups is 7. The lowest BCUT2D eigenvalue weighted by atomic mass is 9.98. The quantitative estimate of drug-likeness (QED) is 0.111. The largest absolute Gasteiger partial charge is 0.462 e. The highest BCUT2D eigenvalue weighted by Crippen LogP contribution is 2.39. The number of halogens is 1. The van der Waals surface area contributed by atoms with Crippen molar-refractivity contribution in [2.75, 3.05) is 12.5 Å². The van der Waals surface area contributed by atoms with Crippen molar-refractivity contribution >= 4 is 64.4 Å². The zero-order valence-electron chi connectivity index (χ0n) is 29.5. The predicted molar refractivity (Wildman–Crippen MR) is 179 cm³/mol. The molecule has 1 fully saturated rings. The van der Waals surface area contributed by atoms with Crippen molar-refractivity contribution in [3.05, 3.63) is 46.6 Å². The lowest BCUT2D eigenvalue weighted by Crippen LogP contribution is -2.63. The van der Waals surface area contributed by atoms with Crippen LogP contribution >= 0.6 is 11.6 Å². The Hall–Kier alpha value is -6.01. The van der Waals surface area contributed by atoms with Crippen LogP contribution in [-0.4, -0.2) is 85.0 Å². The molecule has 0 N–H and O–H groups in total. The summed E-state index contributed by atoms with van der Waals surface area (Å²) in [5.41, 5.74) is -1.16. The molecule has 1 saturated heterocycles. The molecule has 0 spiro atoms. The molecule has 1 aliphatic rings. The van der Waals surface area contributed by atoms with E-state index in [9.17, 15) is 38.4 Å². The molecule has 0 aliphatic carbocycles. The smallest absolute Gasteiger partial charge is 0.320 e. The van der Waals surface area contributed by atoms with Gasteiger partial charge in [0.25, 0.3) is 0 Å². The highest BCUT2D eigenvalue weighted by Gasteiger charge is 2.54. The first-order valence-electron chi connectivity index (χ1n) is 15.8. The Balaban J connectivity index is 2.00. The Morgan fingerprint density at radius 3 is 1.80 bits per heavy atom. The van der Waals surface area contributed by atoms with Crippen LogP contribution in [0.5, 0.6) is 23.0 Å². The summed E-state index contributed by atoms with van der Waals surface area (Å²) in [5, 5.41) is -0.391. The molecule has 19 heteroatoms. The topological polar surface area (TPSA) is 233 Å². The SMILES string of the molecule is CC(=O)Oc1ccc(-c2oc3cc(OC(C)=O)cc(OC(C)=O)c3c(=O)c2OC2OC(COC(=O)CCl)C(OC(C)=O)C(OC(C)=O)[C@H]2OC(C)=O)cc1. The Kier molecular flexibility index (Phi) is 13.3. The van der Waals surface area contributed by atoms with Gasteiger partial charge in [-0.3, -0.25) is 38.4 Å². The van der Waals surface area contributed by atoms with Gasteiger partial charge < -0.3 is 47.0 Å². The highest BCUT2D eigenvalue weighted by atomic mass is 35.5. The van der Waals surface area contributed by atoms with E-state index < -0.39 is 107 Å². The van der Waals surface area contributed by atoms with Crippen LogP contribution in [-0.2, 0) is 57.2 Å². The molecule has 4 unspecified atom stereocenters. The summed E-state index contributed by atoms with van der Waals surface area (Å²) in [6.07, 6.45) is -8.44. The van der Waals surface area contributed by atoms with Crippen molar-refractivity contribution in [3.8, 4) is 34.3 Å². The molecule has 0 radical (unpaired) electrons. The first kappa shape index (κ1) is 40.8. The minimum absolute atomic E-state index is 0.117. The number of fused-ring (bicyclic) bond motifs is 1. The predicted octanol–water partition coefficient (Wildman–Crippen LogP) is 2.92. The molecule has 2 aromatic carbocycles. The van der Waals surface area contributed by atoms with Crippen LogP contribution in [0, 0.1) is 0 Å². The lowest BCUT2D eigenvalue weighted by molar-refractivity contribution is -0.288. The summed E-state index contributed by atoms with van der Waals surface area (Å²) in [7, 11) is 0. The fourth-order valence-corrected chi connectivity index (χ4v) is 5.33. The number of carbonyl (C=O) groups excluding carboxylic acids is 7. The number of alkyl halides is 1. The van der Waals surface area contributed by atoms with E-state index in [-0.39, 0.29) is 28.4 Å². The summed E-state index contributed by atoms with van der Waals surface area (Å²) in [6.45, 7) is 5.73. The van der Waals surface area contributed by atoms with Gasteiger partial charge in [0, 0.05) is 59.2 Å². The monoisotopic (exact) mass is 776 g/mol. The van der Waals surface area contributed by atoms with Gasteiger partial charge in [0.1, 0.15) is 46.8 Å². The number of benzene rings is 2. The summed E-state index contributed by atoms with van der Waals surface area (Å²) >= 11 is 5.58. The minimum atomic E-state index is -1.92. The van der Waals surface area contributed by atoms with Gasteiger partial charge in [-0.05, 0) is 24.3 Å². The normalized spacial score (nSPS) is 19.1. The maximum absolute atomic E-state index is 14.5. The van der Waals surface area contributed by atoms with E-state index in [0.29, 0.717) is 0 Å². The summed E-state index contributed by atoms with van der Waals surface area (Å²) in [5.74, 6) is -7.96. The lowest BCUT2D eigenvalue weighted by Gasteiger charge is -2.43. The molecule has 4 rings (SSSR count). The molecule has 3 aromatic rings. The summed E-state index contributed by atoms with van der Waals surface area (Å²) in [4.78, 5) is 99.0. The van der Waals surface area contributed by atoms with E-state index in [1.54, 1.807) is 0 Å². The van der Waals surface area contributed by atoms with Gasteiger partial charge in [-0.2, -0.15) is 0 Å². The Bertz CT molecular complexity index is 2020. The second kappa shape index (κ2) is 17.7. The fourth-order valence-electron chi connectivity index (χ4n) is 5.25. The zero-order chi connectivity index (χ0) is 39.9. The van der Waals surface area contributed by atoms with Crippen molar-refractivity contribution < 1.29 is 80.6 Å². The maximum atomic E-state index is 14.5. The van der Waals surface area contributed by atoms with E-state index in [1.165, 1.54) is 37.3 Å². The number of esters is 7. The third-order valence-corrected chi connectivity index (χ3v) is 7.25. The Labute approximate surface area is 310 Å². The molecule has 0 saturated carbocycles. The zero-order valence-corrected chi connectivity index (χ0v) is 30.2. The highest BCUT2D eigenvalue weighted by molar-refractivity contribution is 6.26. The van der Waals surface area contributed by atoms with Crippen LogP contribution in [0.3, 0.4) is 0 Å². The van der Waals surface area contributed by atoms with Gasteiger partial charge in [-0.15, -0.1) is 11.6 Å². The number of rotatable bonds is 12.